The number of anilines is 1. The van der Waals surface area contributed by atoms with Crippen molar-refractivity contribution >= 4 is 45.8 Å². The minimum Gasteiger partial charge on any atom is -0.482 e. The molecule has 0 bridgehead atoms. The van der Waals surface area contributed by atoms with Gasteiger partial charge in [-0.15, -0.1) is 0 Å². The Morgan fingerprint density at radius 3 is 2.96 bits per heavy atom. The van der Waals surface area contributed by atoms with E-state index in [1.165, 1.54) is 0 Å². The van der Waals surface area contributed by atoms with Gasteiger partial charge in [-0.05, 0) is 49.2 Å². The van der Waals surface area contributed by atoms with Crippen LogP contribution in [0.3, 0.4) is 0 Å². The maximum Gasteiger partial charge on any atom is 0.262 e. The Morgan fingerprint density at radius 2 is 2.19 bits per heavy atom. The summed E-state index contributed by atoms with van der Waals surface area (Å²) in [6, 6.07) is 10.3. The molecule has 4 rings (SSSR count). The zero-order valence-electron chi connectivity index (χ0n) is 14.3. The van der Waals surface area contributed by atoms with Crippen LogP contribution >= 0.6 is 23.2 Å². The van der Waals surface area contributed by atoms with Crippen LogP contribution in [0.2, 0.25) is 10.0 Å². The third-order valence-corrected chi connectivity index (χ3v) is 4.80. The zero-order valence-corrected chi connectivity index (χ0v) is 15.8. The molecule has 1 saturated heterocycles. The van der Waals surface area contributed by atoms with Gasteiger partial charge >= 0.3 is 0 Å². The van der Waals surface area contributed by atoms with Gasteiger partial charge in [-0.25, -0.2) is 4.98 Å². The van der Waals surface area contributed by atoms with Gasteiger partial charge in [-0.1, -0.05) is 23.2 Å². The molecule has 6 nitrogen and oxygen atoms in total. The molecule has 1 amide bonds. The summed E-state index contributed by atoms with van der Waals surface area (Å²) in [4.78, 5) is 20.0. The van der Waals surface area contributed by atoms with Crippen LogP contribution in [0.4, 0.5) is 5.69 Å². The molecule has 2 heterocycles. The largest absolute Gasteiger partial charge is 0.482 e. The normalized spacial score (nSPS) is 16.6. The van der Waals surface area contributed by atoms with E-state index in [2.05, 4.69) is 15.3 Å². The van der Waals surface area contributed by atoms with Gasteiger partial charge in [0, 0.05) is 17.3 Å². The first-order chi connectivity index (χ1) is 13.1. The number of fused-ring (bicyclic) bond motifs is 1. The van der Waals surface area contributed by atoms with Crippen LogP contribution in [0.25, 0.3) is 11.0 Å². The molecule has 0 saturated carbocycles. The van der Waals surface area contributed by atoms with Crippen molar-refractivity contribution in [3.63, 3.8) is 0 Å². The molecule has 1 aromatic heterocycles. The molecule has 0 radical (unpaired) electrons. The molecule has 140 valence electrons. The fraction of sp³-hybridized carbons (Fsp3) is 0.263. The summed E-state index contributed by atoms with van der Waals surface area (Å²) in [6.45, 7) is 0.601. The van der Waals surface area contributed by atoms with Gasteiger partial charge in [0.2, 0.25) is 0 Å². The van der Waals surface area contributed by atoms with Gasteiger partial charge < -0.3 is 19.8 Å². The third kappa shape index (κ3) is 4.18. The number of nitrogens with one attached hydrogen (secondary N) is 2. The van der Waals surface area contributed by atoms with Gasteiger partial charge in [0.15, 0.2) is 6.61 Å². The fourth-order valence-corrected chi connectivity index (χ4v) is 3.45. The molecular formula is C19H17Cl2N3O3. The highest BCUT2D eigenvalue weighted by molar-refractivity contribution is 6.35. The summed E-state index contributed by atoms with van der Waals surface area (Å²) < 4.78 is 11.1. The third-order valence-electron chi connectivity index (χ3n) is 4.27. The van der Waals surface area contributed by atoms with E-state index in [0.29, 0.717) is 21.5 Å². The molecule has 1 aliphatic heterocycles. The van der Waals surface area contributed by atoms with Crippen molar-refractivity contribution in [2.75, 3.05) is 18.5 Å². The highest BCUT2D eigenvalue weighted by Gasteiger charge is 2.21. The minimum absolute atomic E-state index is 0.0213. The van der Waals surface area contributed by atoms with Crippen molar-refractivity contribution in [3.05, 3.63) is 52.3 Å². The Hall–Kier alpha value is -2.28. The first-order valence-corrected chi connectivity index (χ1v) is 9.33. The van der Waals surface area contributed by atoms with E-state index in [4.69, 9.17) is 32.7 Å². The number of nitrogens with zero attached hydrogens (tertiary/aromatic N) is 1. The maximum atomic E-state index is 12.2. The second-order valence-corrected chi connectivity index (χ2v) is 7.11. The maximum absolute atomic E-state index is 12.2. The number of H-pyrrole nitrogens is 1. The predicted octanol–water partition coefficient (Wildman–Crippen LogP) is 4.74. The Kier molecular flexibility index (Phi) is 5.20. The number of carbonyl (C=O) groups is 1. The average Bonchev–Trinajstić information content (AvgIpc) is 3.30. The van der Waals surface area contributed by atoms with Crippen molar-refractivity contribution in [1.29, 1.82) is 0 Å². The van der Waals surface area contributed by atoms with Crippen molar-refractivity contribution in [1.82, 2.24) is 9.97 Å². The fourth-order valence-electron chi connectivity index (χ4n) is 2.99. The summed E-state index contributed by atoms with van der Waals surface area (Å²) >= 11 is 11.9. The molecule has 2 N–H and O–H groups in total. The van der Waals surface area contributed by atoms with E-state index < -0.39 is 0 Å². The SMILES string of the molecule is O=C(COc1ccc(Cl)cc1Cl)Nc1ccc2nc([C@H]3CCCO3)[nH]c2c1. The summed E-state index contributed by atoms with van der Waals surface area (Å²) in [5.41, 5.74) is 2.34. The molecule has 27 heavy (non-hydrogen) atoms. The minimum atomic E-state index is -0.292. The predicted molar refractivity (Wildman–Crippen MR) is 105 cm³/mol. The Morgan fingerprint density at radius 1 is 1.30 bits per heavy atom. The van der Waals surface area contributed by atoms with Crippen molar-refractivity contribution in [2.24, 2.45) is 0 Å². The lowest BCUT2D eigenvalue weighted by Crippen LogP contribution is -2.20. The molecule has 1 aliphatic rings. The van der Waals surface area contributed by atoms with Crippen LogP contribution in [0.5, 0.6) is 5.75 Å². The molecule has 1 fully saturated rings. The number of aromatic nitrogens is 2. The first-order valence-electron chi connectivity index (χ1n) is 8.57. The van der Waals surface area contributed by atoms with Gasteiger partial charge in [-0.3, -0.25) is 4.79 Å². The molecular weight excluding hydrogens is 389 g/mol. The van der Waals surface area contributed by atoms with Crippen LogP contribution < -0.4 is 10.1 Å². The number of hydrogen-bond donors (Lipinski definition) is 2. The van der Waals surface area contributed by atoms with E-state index >= 15 is 0 Å². The summed E-state index contributed by atoms with van der Waals surface area (Å²) in [7, 11) is 0. The highest BCUT2D eigenvalue weighted by Crippen LogP contribution is 2.29. The molecule has 2 aromatic carbocycles. The summed E-state index contributed by atoms with van der Waals surface area (Å²) in [5.74, 6) is 0.937. The number of imidazole rings is 1. The van der Waals surface area contributed by atoms with Crippen LogP contribution in [-0.2, 0) is 9.53 Å². The lowest BCUT2D eigenvalue weighted by Gasteiger charge is -2.09. The van der Waals surface area contributed by atoms with E-state index in [-0.39, 0.29) is 18.6 Å². The number of hydrogen-bond acceptors (Lipinski definition) is 4. The monoisotopic (exact) mass is 405 g/mol. The first kappa shape index (κ1) is 18.1. The van der Waals surface area contributed by atoms with Gasteiger partial charge in [-0.2, -0.15) is 0 Å². The number of benzene rings is 2. The van der Waals surface area contributed by atoms with Crippen molar-refractivity contribution < 1.29 is 14.3 Å². The van der Waals surface area contributed by atoms with Gasteiger partial charge in [0.05, 0.1) is 16.1 Å². The summed E-state index contributed by atoms with van der Waals surface area (Å²) in [5, 5.41) is 3.67. The zero-order chi connectivity index (χ0) is 18.8. The number of carbonyl (C=O) groups excluding carboxylic acids is 1. The second-order valence-electron chi connectivity index (χ2n) is 6.27. The molecule has 8 heteroatoms. The van der Waals surface area contributed by atoms with Crippen molar-refractivity contribution in [3.8, 4) is 5.75 Å². The average molecular weight is 406 g/mol. The van der Waals surface area contributed by atoms with E-state index in [1.807, 2.05) is 12.1 Å². The van der Waals surface area contributed by atoms with Crippen LogP contribution in [0.1, 0.15) is 24.8 Å². The topological polar surface area (TPSA) is 76.2 Å². The van der Waals surface area contributed by atoms with Gasteiger partial charge in [0.25, 0.3) is 5.91 Å². The Labute approximate surface area is 165 Å². The van der Waals surface area contributed by atoms with Crippen molar-refractivity contribution in [2.45, 2.75) is 18.9 Å². The molecule has 3 aromatic rings. The Bertz CT molecular complexity index is 983. The quantitative estimate of drug-likeness (QED) is 0.642. The Balaban J connectivity index is 1.40. The molecule has 0 unspecified atom stereocenters. The lowest BCUT2D eigenvalue weighted by atomic mass is 10.2. The molecule has 0 spiro atoms. The van der Waals surface area contributed by atoms with Gasteiger partial charge in [0.1, 0.15) is 17.7 Å². The summed E-state index contributed by atoms with van der Waals surface area (Å²) in [6.07, 6.45) is 2.03. The van der Waals surface area contributed by atoms with Crippen LogP contribution in [-0.4, -0.2) is 29.1 Å². The molecule has 1 atom stereocenters. The smallest absolute Gasteiger partial charge is 0.262 e. The number of halogens is 2. The van der Waals surface area contributed by atoms with E-state index in [0.717, 1.165) is 36.3 Å². The number of aromatic amines is 1. The second kappa shape index (κ2) is 7.76. The lowest BCUT2D eigenvalue weighted by molar-refractivity contribution is -0.118. The van der Waals surface area contributed by atoms with Crippen LogP contribution in [0.15, 0.2) is 36.4 Å². The molecule has 0 aliphatic carbocycles. The number of rotatable bonds is 5. The highest BCUT2D eigenvalue weighted by atomic mass is 35.5. The van der Waals surface area contributed by atoms with Crippen LogP contribution in [0, 0.1) is 0 Å². The number of amides is 1. The van der Waals surface area contributed by atoms with E-state index in [1.54, 1.807) is 24.3 Å². The van der Waals surface area contributed by atoms with E-state index in [9.17, 15) is 4.79 Å². The number of ether oxygens (including phenoxy) is 2. The standard InChI is InChI=1S/C19H17Cl2N3O3/c20-11-3-6-16(13(21)8-11)27-10-18(25)22-12-4-5-14-15(9-12)24-19(23-14)17-2-1-7-26-17/h3-6,8-9,17H,1-2,7,10H2,(H,22,25)(H,23,24)/t17-/m1/s1.